The topological polar surface area (TPSA) is 148 Å². The van der Waals surface area contributed by atoms with Crippen LogP contribution >= 0.6 is 0 Å². The summed E-state index contributed by atoms with van der Waals surface area (Å²) < 4.78 is 0. The third-order valence-electron chi connectivity index (χ3n) is 3.71. The van der Waals surface area contributed by atoms with Crippen molar-refractivity contribution in [2.24, 2.45) is 5.73 Å². The van der Waals surface area contributed by atoms with Crippen LogP contribution < -0.4 is 45.7 Å². The zero-order valence-corrected chi connectivity index (χ0v) is 15.8. The molecule has 2 atom stereocenters. The van der Waals surface area contributed by atoms with Gasteiger partial charge in [0.15, 0.2) is 0 Å². The molecule has 8 nitrogen and oxygen atoms in total. The molecule has 0 fully saturated rings. The molecule has 1 aromatic heterocycles. The van der Waals surface area contributed by atoms with E-state index < -0.39 is 29.9 Å². The second-order valence-corrected chi connectivity index (χ2v) is 5.48. The van der Waals surface area contributed by atoms with Crippen LogP contribution in [0.2, 0.25) is 0 Å². The fraction of sp³-hybridized carbons (Fsp3) is 0.312. The van der Waals surface area contributed by atoms with E-state index in [1.165, 1.54) is 0 Å². The fourth-order valence-corrected chi connectivity index (χ4v) is 2.40. The molecule has 5 N–H and O–H groups in total. The molecule has 0 bridgehead atoms. The summed E-state index contributed by atoms with van der Waals surface area (Å²) in [7, 11) is 0. The number of carbonyl (C=O) groups is 3. The van der Waals surface area contributed by atoms with Crippen LogP contribution in [0.5, 0.6) is 0 Å². The summed E-state index contributed by atoms with van der Waals surface area (Å²) in [5, 5.41) is 23.1. The quantitative estimate of drug-likeness (QED) is 0.356. The molecule has 1 amide bonds. The van der Waals surface area contributed by atoms with Crippen LogP contribution in [0.15, 0.2) is 30.5 Å². The van der Waals surface area contributed by atoms with Gasteiger partial charge in [-0.05, 0) is 18.1 Å². The first-order valence-corrected chi connectivity index (χ1v) is 7.42. The minimum atomic E-state index is -1.43. The second-order valence-electron chi connectivity index (χ2n) is 5.48. The number of nitrogens with two attached hydrogens (primary N) is 1. The zero-order chi connectivity index (χ0) is 17.7. The molecular formula is C16H18N3NaO5. The average molecular weight is 355 g/mol. The van der Waals surface area contributed by atoms with E-state index in [-0.39, 0.29) is 48.8 Å². The van der Waals surface area contributed by atoms with Gasteiger partial charge in [0.2, 0.25) is 5.91 Å². The van der Waals surface area contributed by atoms with Crippen LogP contribution in [0.1, 0.15) is 18.4 Å². The molecule has 25 heavy (non-hydrogen) atoms. The number of aromatic amines is 1. The van der Waals surface area contributed by atoms with Gasteiger partial charge in [-0.25, -0.2) is 0 Å². The molecule has 2 aromatic rings. The van der Waals surface area contributed by atoms with Gasteiger partial charge in [-0.1, -0.05) is 18.2 Å². The predicted molar refractivity (Wildman–Crippen MR) is 83.8 cm³/mol. The number of hydrogen-bond acceptors (Lipinski definition) is 5. The van der Waals surface area contributed by atoms with Crippen LogP contribution in [0, 0.1) is 0 Å². The average Bonchev–Trinajstić information content (AvgIpc) is 2.94. The van der Waals surface area contributed by atoms with Gasteiger partial charge in [-0.3, -0.25) is 9.59 Å². The third kappa shape index (κ3) is 5.86. The number of rotatable bonds is 8. The SMILES string of the molecule is N[C@@H](CCC(=O)O)C(=O)N[C@@H](Cc1c[nH]c2ccccc12)C(=O)[O-].[Na+]. The van der Waals surface area contributed by atoms with Gasteiger partial charge in [-0.15, -0.1) is 0 Å². The van der Waals surface area contributed by atoms with Crippen LogP contribution in [0.4, 0.5) is 0 Å². The molecule has 9 heteroatoms. The maximum Gasteiger partial charge on any atom is 1.00 e. The van der Waals surface area contributed by atoms with E-state index in [0.29, 0.717) is 0 Å². The van der Waals surface area contributed by atoms with Gasteiger partial charge in [0.05, 0.1) is 18.1 Å². The smallest absolute Gasteiger partial charge is 0.548 e. The monoisotopic (exact) mass is 355 g/mol. The van der Waals surface area contributed by atoms with Crippen molar-refractivity contribution in [2.75, 3.05) is 0 Å². The molecule has 128 valence electrons. The number of H-pyrrole nitrogens is 1. The van der Waals surface area contributed by atoms with E-state index in [0.717, 1.165) is 16.5 Å². The van der Waals surface area contributed by atoms with Gasteiger partial charge < -0.3 is 31.0 Å². The van der Waals surface area contributed by atoms with E-state index >= 15 is 0 Å². The number of carboxylic acid groups (broad SMARTS) is 2. The summed E-state index contributed by atoms with van der Waals surface area (Å²) in [6, 6.07) is 5.02. The van der Waals surface area contributed by atoms with Crippen LogP contribution in [-0.4, -0.2) is 40.0 Å². The molecule has 0 spiro atoms. The Morgan fingerprint density at radius 3 is 2.60 bits per heavy atom. The first-order chi connectivity index (χ1) is 11.4. The Hall–Kier alpha value is -1.87. The normalized spacial score (nSPS) is 12.8. The van der Waals surface area contributed by atoms with Crippen molar-refractivity contribution in [3.8, 4) is 0 Å². The third-order valence-corrected chi connectivity index (χ3v) is 3.71. The second kappa shape index (κ2) is 9.57. The Kier molecular flexibility index (Phi) is 8.11. The molecule has 0 saturated heterocycles. The maximum atomic E-state index is 11.9. The van der Waals surface area contributed by atoms with Gasteiger partial charge in [-0.2, -0.15) is 0 Å². The van der Waals surface area contributed by atoms with Crippen molar-refractivity contribution < 1.29 is 54.2 Å². The fourth-order valence-electron chi connectivity index (χ4n) is 2.40. The number of amides is 1. The summed E-state index contributed by atoms with van der Waals surface area (Å²) in [6.07, 6.45) is 1.36. The van der Waals surface area contributed by atoms with Crippen LogP contribution in [-0.2, 0) is 20.8 Å². The summed E-state index contributed by atoms with van der Waals surface area (Å²) >= 11 is 0. The largest absolute Gasteiger partial charge is 1.00 e. The van der Waals surface area contributed by atoms with E-state index in [9.17, 15) is 19.5 Å². The molecule has 1 aromatic carbocycles. The van der Waals surface area contributed by atoms with Gasteiger partial charge in [0.25, 0.3) is 0 Å². The number of aliphatic carboxylic acids is 2. The summed E-state index contributed by atoms with van der Waals surface area (Å²) in [5.41, 5.74) is 7.16. The van der Waals surface area contributed by atoms with Crippen LogP contribution in [0.3, 0.4) is 0 Å². The Labute approximate surface area is 166 Å². The van der Waals surface area contributed by atoms with E-state index in [2.05, 4.69) is 10.3 Å². The predicted octanol–water partition coefficient (Wildman–Crippen LogP) is -3.86. The Bertz CT molecular complexity index is 761. The van der Waals surface area contributed by atoms with Gasteiger partial charge >= 0.3 is 35.5 Å². The van der Waals surface area contributed by atoms with Crippen molar-refractivity contribution in [1.82, 2.24) is 10.3 Å². The Morgan fingerprint density at radius 1 is 1.28 bits per heavy atom. The number of para-hydroxylation sites is 1. The molecule has 0 aliphatic heterocycles. The van der Waals surface area contributed by atoms with E-state index in [1.807, 2.05) is 24.3 Å². The number of fused-ring (bicyclic) bond motifs is 1. The zero-order valence-electron chi connectivity index (χ0n) is 13.8. The number of carbonyl (C=O) groups excluding carboxylic acids is 2. The van der Waals surface area contributed by atoms with Gasteiger partial charge in [0.1, 0.15) is 0 Å². The van der Waals surface area contributed by atoms with E-state index in [4.69, 9.17) is 10.8 Å². The molecule has 0 radical (unpaired) electrons. The minimum absolute atomic E-state index is 0. The van der Waals surface area contributed by atoms with Crippen molar-refractivity contribution in [3.63, 3.8) is 0 Å². The first kappa shape index (κ1) is 21.2. The molecular weight excluding hydrogens is 337 g/mol. The number of benzene rings is 1. The number of nitrogens with one attached hydrogen (secondary N) is 2. The van der Waals surface area contributed by atoms with Crippen LogP contribution in [0.25, 0.3) is 10.9 Å². The minimum Gasteiger partial charge on any atom is -0.548 e. The van der Waals surface area contributed by atoms with Crippen molar-refractivity contribution >= 4 is 28.7 Å². The molecule has 0 unspecified atom stereocenters. The first-order valence-electron chi connectivity index (χ1n) is 7.42. The molecule has 0 saturated carbocycles. The number of hydrogen-bond donors (Lipinski definition) is 4. The standard InChI is InChI=1S/C16H19N3O5.Na/c17-11(5-6-14(20)21)15(22)19-13(16(23)24)7-9-8-18-12-4-2-1-3-10(9)12;/h1-4,8,11,13,18H,5-7,17H2,(H,19,22)(H,20,21)(H,23,24);/q;+1/p-1/t11-,13-;/m0./s1. The van der Waals surface area contributed by atoms with Crippen molar-refractivity contribution in [1.29, 1.82) is 0 Å². The molecule has 2 rings (SSSR count). The summed E-state index contributed by atoms with van der Waals surface area (Å²) in [4.78, 5) is 36.8. The van der Waals surface area contributed by atoms with E-state index in [1.54, 1.807) is 6.20 Å². The molecule has 0 aliphatic carbocycles. The Morgan fingerprint density at radius 2 is 1.96 bits per heavy atom. The molecule has 0 aliphatic rings. The number of aromatic nitrogens is 1. The van der Waals surface area contributed by atoms with Crippen molar-refractivity contribution in [2.45, 2.75) is 31.3 Å². The summed E-state index contributed by atoms with van der Waals surface area (Å²) in [5.74, 6) is -3.22. The molecule has 1 heterocycles. The van der Waals surface area contributed by atoms with Crippen molar-refractivity contribution in [3.05, 3.63) is 36.0 Å². The van der Waals surface area contributed by atoms with Gasteiger partial charge in [0, 0.05) is 29.9 Å². The Balaban J connectivity index is 0.00000312. The maximum absolute atomic E-state index is 11.9. The summed E-state index contributed by atoms with van der Waals surface area (Å²) in [6.45, 7) is 0. The number of carboxylic acids is 2.